The Hall–Kier alpha value is -1.93. The zero-order valence-electron chi connectivity index (χ0n) is 13.0. The zero-order valence-corrected chi connectivity index (χ0v) is 15.3. The molecule has 0 radical (unpaired) electrons. The molecule has 26 heavy (non-hydrogen) atoms. The van der Waals surface area contributed by atoms with E-state index in [4.69, 9.17) is 11.6 Å². The normalized spacial score (nSPS) is 11.3. The number of alkyl halides is 4. The number of hydrogen-bond acceptors (Lipinski definition) is 2. The van der Waals surface area contributed by atoms with E-state index >= 15 is 0 Å². The van der Waals surface area contributed by atoms with Crippen molar-refractivity contribution < 1.29 is 27.2 Å². The van der Waals surface area contributed by atoms with Gasteiger partial charge in [0.15, 0.2) is 5.78 Å². The minimum atomic E-state index is -4.70. The number of carbonyl (C=O) groups excluding carboxylic acids is 2. The van der Waals surface area contributed by atoms with Crippen molar-refractivity contribution in [2.75, 3.05) is 16.8 Å². The molecule has 0 heterocycles. The molecule has 0 unspecified atom stereocenters. The van der Waals surface area contributed by atoms with E-state index < -0.39 is 30.2 Å². The van der Waals surface area contributed by atoms with Crippen LogP contribution in [0.4, 0.5) is 23.2 Å². The number of benzene rings is 2. The lowest BCUT2D eigenvalue weighted by atomic mass is 10.00. The molecule has 0 aliphatic rings. The Balaban J connectivity index is 2.60. The molecule has 138 valence electrons. The summed E-state index contributed by atoms with van der Waals surface area (Å²) in [4.78, 5) is 25.1. The SMILES string of the molecule is O=C(c1ccccc1[18F])c1cc(Cl)ccc1N(CC(F)(F)F)C(=O)CBr. The lowest BCUT2D eigenvalue weighted by molar-refractivity contribution is -0.131. The van der Waals surface area contributed by atoms with E-state index in [1.54, 1.807) is 0 Å². The highest BCUT2D eigenvalue weighted by molar-refractivity contribution is 9.09. The van der Waals surface area contributed by atoms with Gasteiger partial charge in [-0.1, -0.05) is 39.7 Å². The number of anilines is 1. The maximum absolute atomic E-state index is 13.9. The van der Waals surface area contributed by atoms with Crippen molar-refractivity contribution in [1.82, 2.24) is 0 Å². The molecule has 0 fully saturated rings. The molecule has 0 aliphatic heterocycles. The van der Waals surface area contributed by atoms with Crippen molar-refractivity contribution in [1.29, 1.82) is 0 Å². The largest absolute Gasteiger partial charge is 0.406 e. The first-order chi connectivity index (χ1) is 12.1. The first kappa shape index (κ1) is 20.4. The number of hydrogen-bond donors (Lipinski definition) is 0. The average molecular weight is 452 g/mol. The molecule has 0 aliphatic carbocycles. The predicted molar refractivity (Wildman–Crippen MR) is 93.5 cm³/mol. The fourth-order valence-corrected chi connectivity index (χ4v) is 2.75. The first-order valence-electron chi connectivity index (χ1n) is 7.16. The van der Waals surface area contributed by atoms with Crippen LogP contribution in [0.15, 0.2) is 42.5 Å². The molecule has 0 saturated heterocycles. The van der Waals surface area contributed by atoms with Crippen LogP contribution in [0.2, 0.25) is 5.02 Å². The molecule has 0 N–H and O–H groups in total. The summed E-state index contributed by atoms with van der Waals surface area (Å²) in [6.45, 7) is -1.60. The van der Waals surface area contributed by atoms with Crippen LogP contribution in [-0.4, -0.2) is 29.7 Å². The number of ketones is 1. The Kier molecular flexibility index (Phi) is 6.41. The van der Waals surface area contributed by atoms with E-state index in [2.05, 4.69) is 15.9 Å². The van der Waals surface area contributed by atoms with Gasteiger partial charge in [-0.2, -0.15) is 13.2 Å². The summed E-state index contributed by atoms with van der Waals surface area (Å²) in [5, 5.41) is -0.328. The summed E-state index contributed by atoms with van der Waals surface area (Å²) in [5.41, 5.74) is -0.945. The third kappa shape index (κ3) is 4.82. The number of rotatable bonds is 5. The molecule has 0 bridgehead atoms. The standard InChI is InChI=1S/C17H11BrClF4NO2/c18-8-15(25)24(9-17(21,22)23)14-6-5-10(19)7-12(14)16(26)11-3-1-2-4-13(11)20/h1-7H,8-9H2/i20-1. The lowest BCUT2D eigenvalue weighted by Gasteiger charge is -2.25. The minimum Gasteiger partial charge on any atom is -0.302 e. The molecule has 0 atom stereocenters. The zero-order chi connectivity index (χ0) is 19.5. The van der Waals surface area contributed by atoms with Crippen molar-refractivity contribution in [2.24, 2.45) is 0 Å². The number of nitrogens with zero attached hydrogens (tertiary/aromatic N) is 1. The van der Waals surface area contributed by atoms with Crippen molar-refractivity contribution >= 4 is 44.9 Å². The van der Waals surface area contributed by atoms with Gasteiger partial charge in [-0.15, -0.1) is 0 Å². The van der Waals surface area contributed by atoms with Crippen molar-refractivity contribution in [3.8, 4) is 0 Å². The van der Waals surface area contributed by atoms with E-state index in [9.17, 15) is 27.2 Å². The number of amides is 1. The average Bonchev–Trinajstić information content (AvgIpc) is 2.58. The van der Waals surface area contributed by atoms with E-state index in [0.717, 1.165) is 18.2 Å². The van der Waals surface area contributed by atoms with Crippen LogP contribution in [0.5, 0.6) is 0 Å². The van der Waals surface area contributed by atoms with Crippen LogP contribution < -0.4 is 4.90 Å². The highest BCUT2D eigenvalue weighted by atomic mass is 79.9. The van der Waals surface area contributed by atoms with Crippen molar-refractivity contribution in [3.05, 3.63) is 64.4 Å². The molecule has 1 amide bonds. The van der Waals surface area contributed by atoms with Crippen LogP contribution in [0.3, 0.4) is 0 Å². The minimum absolute atomic E-state index is 0.0617. The van der Waals surface area contributed by atoms with E-state index in [1.165, 1.54) is 24.3 Å². The summed E-state index contributed by atoms with van der Waals surface area (Å²) < 4.78 is 52.7. The summed E-state index contributed by atoms with van der Waals surface area (Å²) >= 11 is 8.68. The highest BCUT2D eigenvalue weighted by Crippen LogP contribution is 2.30. The Labute approximate surface area is 159 Å². The molecule has 2 aromatic carbocycles. The van der Waals surface area contributed by atoms with Crippen LogP contribution in [0.25, 0.3) is 0 Å². The maximum atomic E-state index is 13.9. The molecule has 2 aromatic rings. The van der Waals surface area contributed by atoms with Crippen molar-refractivity contribution in [2.45, 2.75) is 6.18 Å². The molecule has 9 heteroatoms. The van der Waals surface area contributed by atoms with Crippen molar-refractivity contribution in [3.63, 3.8) is 0 Å². The molecular formula is C17H11BrClF4NO2. The second-order valence-corrected chi connectivity index (χ2v) is 6.20. The fraction of sp³-hybridized carbons (Fsp3) is 0.176. The van der Waals surface area contributed by atoms with Gasteiger partial charge < -0.3 is 4.90 Å². The number of carbonyl (C=O) groups is 2. The van der Waals surface area contributed by atoms with Crippen LogP contribution in [0, 0.1) is 5.82 Å². The van der Waals surface area contributed by atoms with Crippen LogP contribution >= 0.6 is 27.5 Å². The summed E-state index contributed by atoms with van der Waals surface area (Å²) in [6, 6.07) is 8.52. The van der Waals surface area contributed by atoms with Gasteiger partial charge in [-0.25, -0.2) is 4.39 Å². The van der Waals surface area contributed by atoms with Crippen LogP contribution in [-0.2, 0) is 4.79 Å². The van der Waals surface area contributed by atoms with E-state index in [-0.39, 0.29) is 27.2 Å². The first-order valence-corrected chi connectivity index (χ1v) is 8.66. The molecule has 0 aromatic heterocycles. The molecule has 0 spiro atoms. The van der Waals surface area contributed by atoms with Gasteiger partial charge in [0, 0.05) is 10.6 Å². The molecule has 2 rings (SSSR count). The predicted octanol–water partition coefficient (Wildman–Crippen LogP) is 5.00. The third-order valence-electron chi connectivity index (χ3n) is 3.37. The van der Waals surface area contributed by atoms with Gasteiger partial charge in [-0.3, -0.25) is 9.59 Å². The van der Waals surface area contributed by atoms with Gasteiger partial charge in [0.2, 0.25) is 5.91 Å². The van der Waals surface area contributed by atoms with E-state index in [0.29, 0.717) is 4.90 Å². The van der Waals surface area contributed by atoms with Gasteiger partial charge in [-0.05, 0) is 30.3 Å². The maximum Gasteiger partial charge on any atom is 0.406 e. The second-order valence-electron chi connectivity index (χ2n) is 5.20. The monoisotopic (exact) mass is 450 g/mol. The van der Waals surface area contributed by atoms with Crippen LogP contribution in [0.1, 0.15) is 15.9 Å². The Morgan fingerprint density at radius 2 is 1.73 bits per heavy atom. The third-order valence-corrected chi connectivity index (χ3v) is 4.08. The Bertz CT molecular complexity index is 842. The van der Waals surface area contributed by atoms with E-state index in [1.807, 2.05) is 0 Å². The fourth-order valence-electron chi connectivity index (χ4n) is 2.28. The molecule has 0 saturated carbocycles. The molecule has 3 nitrogen and oxygen atoms in total. The second kappa shape index (κ2) is 8.18. The Morgan fingerprint density at radius 3 is 2.31 bits per heavy atom. The van der Waals surface area contributed by atoms with Gasteiger partial charge in [0.05, 0.1) is 16.6 Å². The number of halogens is 6. The summed E-state index contributed by atoms with van der Waals surface area (Å²) in [5.74, 6) is -2.63. The Morgan fingerprint density at radius 1 is 1.08 bits per heavy atom. The summed E-state index contributed by atoms with van der Waals surface area (Å²) in [7, 11) is 0. The quantitative estimate of drug-likeness (QED) is 0.364. The smallest absolute Gasteiger partial charge is 0.302 e. The molecular weight excluding hydrogens is 441 g/mol. The lowest BCUT2D eigenvalue weighted by Crippen LogP contribution is -2.40. The topological polar surface area (TPSA) is 37.4 Å². The van der Waals surface area contributed by atoms with Gasteiger partial charge >= 0.3 is 6.18 Å². The summed E-state index contributed by atoms with van der Waals surface area (Å²) in [6.07, 6.45) is -4.70. The van der Waals surface area contributed by atoms with Gasteiger partial charge in [0.25, 0.3) is 0 Å². The highest BCUT2D eigenvalue weighted by Gasteiger charge is 2.35. The van der Waals surface area contributed by atoms with Gasteiger partial charge in [0.1, 0.15) is 12.4 Å².